The van der Waals surface area contributed by atoms with E-state index in [0.29, 0.717) is 11.8 Å². The molecule has 1 N–H and O–H groups in total. The molecule has 0 saturated heterocycles. The van der Waals surface area contributed by atoms with Gasteiger partial charge in [-0.15, -0.1) is 0 Å². The number of nitrogens with one attached hydrogen (secondary N) is 1. The number of hydrogen-bond donors (Lipinski definition) is 1. The molecular formula is C29H32N4OS. The average Bonchev–Trinajstić information content (AvgIpc) is 3.23. The van der Waals surface area contributed by atoms with E-state index >= 15 is 0 Å². The molecule has 4 aromatic rings. The van der Waals surface area contributed by atoms with E-state index < -0.39 is 0 Å². The molecule has 2 heterocycles. The first-order valence-electron chi connectivity index (χ1n) is 12.5. The topological polar surface area (TPSA) is 59.8 Å². The van der Waals surface area contributed by atoms with Gasteiger partial charge in [-0.25, -0.2) is 4.98 Å². The first kappa shape index (κ1) is 23.6. The van der Waals surface area contributed by atoms with Crippen LogP contribution in [0.15, 0.2) is 78.2 Å². The monoisotopic (exact) mass is 484 g/mol. The van der Waals surface area contributed by atoms with Crippen LogP contribution in [0.25, 0.3) is 11.0 Å². The summed E-state index contributed by atoms with van der Waals surface area (Å²) in [4.78, 5) is 22.0. The maximum atomic E-state index is 12.8. The smallest absolute Gasteiger partial charge is 0.251 e. The van der Waals surface area contributed by atoms with E-state index in [9.17, 15) is 4.79 Å². The number of pyridine rings is 1. The lowest BCUT2D eigenvalue weighted by atomic mass is 9.78. The Balaban J connectivity index is 1.26. The fourth-order valence-electron chi connectivity index (χ4n) is 4.91. The zero-order valence-electron chi connectivity index (χ0n) is 20.4. The molecule has 0 spiro atoms. The van der Waals surface area contributed by atoms with Gasteiger partial charge in [0.2, 0.25) is 0 Å². The van der Waals surface area contributed by atoms with Crippen molar-refractivity contribution >= 4 is 28.7 Å². The normalized spacial score (nSPS) is 20.1. The van der Waals surface area contributed by atoms with Crippen molar-refractivity contribution in [3.05, 3.63) is 89.7 Å². The van der Waals surface area contributed by atoms with Crippen LogP contribution in [0.1, 0.15) is 54.6 Å². The molecule has 1 amide bonds. The minimum atomic E-state index is 0.0345. The lowest BCUT2D eigenvalue weighted by molar-refractivity contribution is 0.0891. The SMILES string of the molecule is C[C@@H]1[C@H](C)CCC[C@H]1NC(=O)c1ccc(CSc2nc3ccncc3n2Cc2ccccc2)cc1. The van der Waals surface area contributed by atoms with Crippen LogP contribution in [-0.2, 0) is 12.3 Å². The number of benzene rings is 2. The Hall–Kier alpha value is -3.12. The molecule has 1 fully saturated rings. The molecule has 1 saturated carbocycles. The second kappa shape index (κ2) is 10.6. The maximum Gasteiger partial charge on any atom is 0.251 e. The van der Waals surface area contributed by atoms with E-state index in [0.717, 1.165) is 40.5 Å². The van der Waals surface area contributed by atoms with Crippen LogP contribution >= 0.6 is 11.8 Å². The molecule has 2 aromatic heterocycles. The Morgan fingerprint density at radius 2 is 1.83 bits per heavy atom. The summed E-state index contributed by atoms with van der Waals surface area (Å²) in [7, 11) is 0. The van der Waals surface area contributed by atoms with Crippen LogP contribution in [0.3, 0.4) is 0 Å². The Bertz CT molecular complexity index is 1290. The van der Waals surface area contributed by atoms with Gasteiger partial charge in [-0.1, -0.05) is 80.9 Å². The Labute approximate surface area is 211 Å². The molecular weight excluding hydrogens is 452 g/mol. The molecule has 0 aliphatic heterocycles. The molecule has 2 aromatic carbocycles. The summed E-state index contributed by atoms with van der Waals surface area (Å²) in [5, 5.41) is 4.25. The minimum Gasteiger partial charge on any atom is -0.349 e. The molecule has 35 heavy (non-hydrogen) atoms. The zero-order chi connectivity index (χ0) is 24.2. The number of carbonyl (C=O) groups excluding carboxylic acids is 1. The fourth-order valence-corrected chi connectivity index (χ4v) is 5.88. The molecule has 0 bridgehead atoms. The van der Waals surface area contributed by atoms with Gasteiger partial charge in [0.1, 0.15) is 0 Å². The quantitative estimate of drug-likeness (QED) is 0.312. The van der Waals surface area contributed by atoms with Crippen molar-refractivity contribution in [3.8, 4) is 0 Å². The van der Waals surface area contributed by atoms with Crippen molar-refractivity contribution in [2.75, 3.05) is 0 Å². The van der Waals surface area contributed by atoms with Crippen molar-refractivity contribution < 1.29 is 4.79 Å². The van der Waals surface area contributed by atoms with E-state index in [2.05, 4.69) is 65.1 Å². The first-order chi connectivity index (χ1) is 17.1. The summed E-state index contributed by atoms with van der Waals surface area (Å²) in [5.74, 6) is 2.00. The van der Waals surface area contributed by atoms with Crippen LogP contribution in [0.5, 0.6) is 0 Å². The van der Waals surface area contributed by atoms with Crippen molar-refractivity contribution in [1.82, 2.24) is 19.9 Å². The predicted octanol–water partition coefficient (Wildman–Crippen LogP) is 6.33. The number of thioether (sulfide) groups is 1. The lowest BCUT2D eigenvalue weighted by Gasteiger charge is -2.34. The van der Waals surface area contributed by atoms with Gasteiger partial charge in [0.25, 0.3) is 5.91 Å². The van der Waals surface area contributed by atoms with Crippen LogP contribution in [0, 0.1) is 11.8 Å². The van der Waals surface area contributed by atoms with E-state index in [1.165, 1.54) is 24.0 Å². The van der Waals surface area contributed by atoms with Gasteiger partial charge in [-0.2, -0.15) is 0 Å². The van der Waals surface area contributed by atoms with E-state index in [-0.39, 0.29) is 11.9 Å². The molecule has 0 unspecified atom stereocenters. The van der Waals surface area contributed by atoms with Crippen molar-refractivity contribution in [3.63, 3.8) is 0 Å². The molecule has 3 atom stereocenters. The van der Waals surface area contributed by atoms with Gasteiger partial charge in [0, 0.05) is 23.6 Å². The summed E-state index contributed by atoms with van der Waals surface area (Å²) in [6, 6.07) is 20.7. The third-order valence-electron chi connectivity index (χ3n) is 7.31. The van der Waals surface area contributed by atoms with E-state index in [4.69, 9.17) is 4.98 Å². The minimum absolute atomic E-state index is 0.0345. The summed E-state index contributed by atoms with van der Waals surface area (Å²) in [5.41, 5.74) is 5.12. The van der Waals surface area contributed by atoms with Gasteiger partial charge in [-0.3, -0.25) is 9.78 Å². The van der Waals surface area contributed by atoms with Crippen LogP contribution in [0.2, 0.25) is 0 Å². The highest BCUT2D eigenvalue weighted by Crippen LogP contribution is 2.30. The molecule has 0 radical (unpaired) electrons. The number of amides is 1. The van der Waals surface area contributed by atoms with E-state index in [1.54, 1.807) is 18.0 Å². The van der Waals surface area contributed by atoms with Gasteiger partial charge in [0.15, 0.2) is 5.16 Å². The Kier molecular flexibility index (Phi) is 7.19. The largest absolute Gasteiger partial charge is 0.349 e. The molecule has 6 heteroatoms. The van der Waals surface area contributed by atoms with Crippen molar-refractivity contribution in [2.24, 2.45) is 11.8 Å². The highest BCUT2D eigenvalue weighted by Gasteiger charge is 2.28. The number of rotatable bonds is 7. The predicted molar refractivity (Wildman–Crippen MR) is 143 cm³/mol. The van der Waals surface area contributed by atoms with Crippen LogP contribution in [-0.4, -0.2) is 26.5 Å². The van der Waals surface area contributed by atoms with Crippen molar-refractivity contribution in [1.29, 1.82) is 0 Å². The molecule has 5 rings (SSSR count). The van der Waals surface area contributed by atoms with E-state index in [1.807, 2.05) is 30.5 Å². The lowest BCUT2D eigenvalue weighted by Crippen LogP contribution is -2.43. The molecule has 180 valence electrons. The zero-order valence-corrected chi connectivity index (χ0v) is 21.2. The number of hydrogen-bond acceptors (Lipinski definition) is 4. The van der Waals surface area contributed by atoms with Crippen LogP contribution in [0.4, 0.5) is 0 Å². The van der Waals surface area contributed by atoms with Gasteiger partial charge >= 0.3 is 0 Å². The fraction of sp³-hybridized carbons (Fsp3) is 0.345. The number of imidazole rings is 1. The van der Waals surface area contributed by atoms with Crippen LogP contribution < -0.4 is 5.32 Å². The summed E-state index contributed by atoms with van der Waals surface area (Å²) < 4.78 is 2.23. The molecule has 1 aliphatic carbocycles. The Morgan fingerprint density at radius 1 is 1.03 bits per heavy atom. The molecule has 1 aliphatic rings. The number of fused-ring (bicyclic) bond motifs is 1. The summed E-state index contributed by atoms with van der Waals surface area (Å²) in [6.45, 7) is 5.30. The second-order valence-electron chi connectivity index (χ2n) is 9.66. The van der Waals surface area contributed by atoms with Gasteiger partial charge in [0.05, 0.1) is 23.8 Å². The Morgan fingerprint density at radius 3 is 2.63 bits per heavy atom. The highest BCUT2D eigenvalue weighted by molar-refractivity contribution is 7.98. The summed E-state index contributed by atoms with van der Waals surface area (Å²) >= 11 is 1.71. The third kappa shape index (κ3) is 5.43. The van der Waals surface area contributed by atoms with Gasteiger partial charge < -0.3 is 9.88 Å². The van der Waals surface area contributed by atoms with Crippen molar-refractivity contribution in [2.45, 2.75) is 56.6 Å². The standard InChI is InChI=1S/C29H32N4OS/c1-20-7-6-10-25(21(20)2)31-28(34)24-13-11-23(12-14-24)19-35-29-32-26-15-16-30-17-27(26)33(29)18-22-8-4-3-5-9-22/h3-5,8-9,11-17,20-21,25H,6-7,10,18-19H2,1-2H3,(H,31,34)/t20-,21-,25-/m1/s1. The van der Waals surface area contributed by atoms with Gasteiger partial charge in [-0.05, 0) is 47.6 Å². The number of nitrogens with zero attached hydrogens (tertiary/aromatic N) is 3. The molecule has 5 nitrogen and oxygen atoms in total. The summed E-state index contributed by atoms with van der Waals surface area (Å²) in [6.07, 6.45) is 7.20. The number of carbonyl (C=O) groups is 1. The third-order valence-corrected chi connectivity index (χ3v) is 8.35. The highest BCUT2D eigenvalue weighted by atomic mass is 32.2. The first-order valence-corrected chi connectivity index (χ1v) is 13.4. The maximum absolute atomic E-state index is 12.8. The second-order valence-corrected chi connectivity index (χ2v) is 10.6. The average molecular weight is 485 g/mol. The number of aromatic nitrogens is 3.